The fourth-order valence-corrected chi connectivity index (χ4v) is 1.89. The Balaban J connectivity index is 2.20. The summed E-state index contributed by atoms with van der Waals surface area (Å²) in [5, 5.41) is 3.25. The molecule has 0 spiro atoms. The molecule has 0 atom stereocenters. The molecule has 0 aromatic carbocycles. The molecule has 20 heavy (non-hydrogen) atoms. The van der Waals surface area contributed by atoms with E-state index in [2.05, 4.69) is 22.2 Å². The van der Waals surface area contributed by atoms with Gasteiger partial charge in [0, 0.05) is 13.0 Å². The first-order valence-electron chi connectivity index (χ1n) is 7.01. The van der Waals surface area contributed by atoms with E-state index >= 15 is 0 Å². The van der Waals surface area contributed by atoms with Crippen molar-refractivity contribution in [3.63, 3.8) is 0 Å². The van der Waals surface area contributed by atoms with Crippen molar-refractivity contribution in [1.82, 2.24) is 9.97 Å². The number of hydrogen-bond donors (Lipinski definition) is 1. The molecule has 2 heterocycles. The van der Waals surface area contributed by atoms with Crippen LogP contribution in [0, 0.1) is 6.92 Å². The van der Waals surface area contributed by atoms with Gasteiger partial charge in [0.2, 0.25) is 5.88 Å². The van der Waals surface area contributed by atoms with E-state index in [0.717, 1.165) is 42.4 Å². The maximum atomic E-state index is 5.77. The zero-order valence-electron chi connectivity index (χ0n) is 12.3. The quantitative estimate of drug-likeness (QED) is 0.839. The fraction of sp³-hybridized carbons (Fsp3) is 0.467. The van der Waals surface area contributed by atoms with Gasteiger partial charge < -0.3 is 14.5 Å². The molecule has 0 amide bonds. The Morgan fingerprint density at radius 1 is 1.30 bits per heavy atom. The number of aromatic nitrogens is 2. The largest absolute Gasteiger partial charge is 0.469 e. The van der Waals surface area contributed by atoms with Gasteiger partial charge in [0.1, 0.15) is 24.0 Å². The zero-order chi connectivity index (χ0) is 14.4. The Bertz CT molecular complexity index is 538. The van der Waals surface area contributed by atoms with Gasteiger partial charge in [0.05, 0.1) is 11.8 Å². The Kier molecular flexibility index (Phi) is 4.98. The van der Waals surface area contributed by atoms with E-state index in [0.29, 0.717) is 12.5 Å². The fourth-order valence-electron chi connectivity index (χ4n) is 1.89. The van der Waals surface area contributed by atoms with Gasteiger partial charge in [-0.25, -0.2) is 4.98 Å². The number of hydrogen-bond acceptors (Lipinski definition) is 5. The number of anilines is 1. The standard InChI is InChI=1S/C15H21N3O2/c1-4-7-13-17-14(16-5-2)11(3)15(18-13)20-10-12-8-6-9-19-12/h6,8-9H,4-5,7,10H2,1-3H3,(H,16,17,18). The second kappa shape index (κ2) is 6.93. The molecule has 0 unspecified atom stereocenters. The molecule has 2 aromatic rings. The highest BCUT2D eigenvalue weighted by Crippen LogP contribution is 2.23. The van der Waals surface area contributed by atoms with Gasteiger partial charge in [-0.1, -0.05) is 6.92 Å². The molecule has 1 N–H and O–H groups in total. The summed E-state index contributed by atoms with van der Waals surface area (Å²) in [5.74, 6) is 3.06. The monoisotopic (exact) mass is 275 g/mol. The highest BCUT2D eigenvalue weighted by Gasteiger charge is 2.12. The highest BCUT2D eigenvalue weighted by atomic mass is 16.5. The van der Waals surface area contributed by atoms with E-state index in [4.69, 9.17) is 9.15 Å². The maximum absolute atomic E-state index is 5.77. The van der Waals surface area contributed by atoms with Crippen LogP contribution in [0.4, 0.5) is 5.82 Å². The van der Waals surface area contributed by atoms with Gasteiger partial charge in [-0.05, 0) is 32.4 Å². The van der Waals surface area contributed by atoms with Crippen LogP contribution in [0.5, 0.6) is 5.88 Å². The van der Waals surface area contributed by atoms with Crippen molar-refractivity contribution in [3.05, 3.63) is 35.5 Å². The number of rotatable bonds is 7. The maximum Gasteiger partial charge on any atom is 0.222 e. The Labute approximate surface area is 119 Å². The van der Waals surface area contributed by atoms with Crippen LogP contribution in [0.2, 0.25) is 0 Å². The number of furan rings is 1. The summed E-state index contributed by atoms with van der Waals surface area (Å²) in [6.07, 6.45) is 3.49. The van der Waals surface area contributed by atoms with Crippen molar-refractivity contribution in [1.29, 1.82) is 0 Å². The third-order valence-corrected chi connectivity index (χ3v) is 2.90. The van der Waals surface area contributed by atoms with Crippen molar-refractivity contribution in [2.24, 2.45) is 0 Å². The topological polar surface area (TPSA) is 60.2 Å². The van der Waals surface area contributed by atoms with Crippen LogP contribution in [0.25, 0.3) is 0 Å². The van der Waals surface area contributed by atoms with Crippen LogP contribution in [-0.2, 0) is 13.0 Å². The van der Waals surface area contributed by atoms with Crippen LogP contribution in [0.3, 0.4) is 0 Å². The molecule has 0 bridgehead atoms. The van der Waals surface area contributed by atoms with Crippen molar-refractivity contribution < 1.29 is 9.15 Å². The molecule has 2 rings (SSSR count). The van der Waals surface area contributed by atoms with Gasteiger partial charge in [-0.2, -0.15) is 4.98 Å². The van der Waals surface area contributed by atoms with E-state index < -0.39 is 0 Å². The molecule has 5 heteroatoms. The highest BCUT2D eigenvalue weighted by molar-refractivity contribution is 5.48. The summed E-state index contributed by atoms with van der Waals surface area (Å²) in [5.41, 5.74) is 0.929. The van der Waals surface area contributed by atoms with E-state index in [1.165, 1.54) is 0 Å². The first-order chi connectivity index (χ1) is 9.74. The summed E-state index contributed by atoms with van der Waals surface area (Å²) < 4.78 is 11.0. The molecular weight excluding hydrogens is 254 g/mol. The Morgan fingerprint density at radius 2 is 2.15 bits per heavy atom. The van der Waals surface area contributed by atoms with Crippen LogP contribution >= 0.6 is 0 Å². The lowest BCUT2D eigenvalue weighted by molar-refractivity contribution is 0.257. The second-order valence-electron chi connectivity index (χ2n) is 4.57. The minimum absolute atomic E-state index is 0.377. The number of nitrogens with one attached hydrogen (secondary N) is 1. The molecule has 108 valence electrons. The molecule has 5 nitrogen and oxygen atoms in total. The smallest absolute Gasteiger partial charge is 0.222 e. The van der Waals surface area contributed by atoms with Gasteiger partial charge >= 0.3 is 0 Å². The van der Waals surface area contributed by atoms with E-state index in [1.54, 1.807) is 6.26 Å². The average molecular weight is 275 g/mol. The van der Waals surface area contributed by atoms with Crippen LogP contribution in [0.15, 0.2) is 22.8 Å². The van der Waals surface area contributed by atoms with Crippen molar-refractivity contribution in [2.45, 2.75) is 40.2 Å². The van der Waals surface area contributed by atoms with Crippen molar-refractivity contribution in [2.75, 3.05) is 11.9 Å². The summed E-state index contributed by atoms with van der Waals surface area (Å²) in [6, 6.07) is 3.73. The van der Waals surface area contributed by atoms with Crippen LogP contribution in [-0.4, -0.2) is 16.5 Å². The van der Waals surface area contributed by atoms with Gasteiger partial charge in [0.15, 0.2) is 0 Å². The molecular formula is C15H21N3O2. The van der Waals surface area contributed by atoms with Gasteiger partial charge in [-0.3, -0.25) is 0 Å². The normalized spacial score (nSPS) is 10.6. The number of ether oxygens (including phenoxy) is 1. The molecule has 0 fully saturated rings. The molecule has 0 aliphatic rings. The zero-order valence-corrected chi connectivity index (χ0v) is 12.3. The average Bonchev–Trinajstić information content (AvgIpc) is 2.94. The first-order valence-corrected chi connectivity index (χ1v) is 7.01. The Morgan fingerprint density at radius 3 is 2.80 bits per heavy atom. The van der Waals surface area contributed by atoms with Gasteiger partial charge in [-0.15, -0.1) is 0 Å². The van der Waals surface area contributed by atoms with E-state index in [9.17, 15) is 0 Å². The summed E-state index contributed by atoms with van der Waals surface area (Å²) in [7, 11) is 0. The van der Waals surface area contributed by atoms with Crippen molar-refractivity contribution in [3.8, 4) is 5.88 Å². The van der Waals surface area contributed by atoms with Crippen molar-refractivity contribution >= 4 is 5.82 Å². The SMILES string of the molecule is CCCc1nc(NCC)c(C)c(OCc2ccco2)n1. The molecule has 0 saturated carbocycles. The summed E-state index contributed by atoms with van der Waals surface area (Å²) in [4.78, 5) is 9.02. The third-order valence-electron chi connectivity index (χ3n) is 2.90. The number of aryl methyl sites for hydroxylation is 1. The molecule has 2 aromatic heterocycles. The minimum Gasteiger partial charge on any atom is -0.469 e. The second-order valence-corrected chi connectivity index (χ2v) is 4.57. The lowest BCUT2D eigenvalue weighted by atomic mass is 10.2. The van der Waals surface area contributed by atoms with E-state index in [-0.39, 0.29) is 0 Å². The van der Waals surface area contributed by atoms with Gasteiger partial charge in [0.25, 0.3) is 0 Å². The predicted molar refractivity (Wildman–Crippen MR) is 78.0 cm³/mol. The number of nitrogens with zero attached hydrogens (tertiary/aromatic N) is 2. The summed E-state index contributed by atoms with van der Waals surface area (Å²) >= 11 is 0. The molecule has 0 radical (unpaired) electrons. The third kappa shape index (κ3) is 3.50. The first kappa shape index (κ1) is 14.4. The van der Waals surface area contributed by atoms with E-state index in [1.807, 2.05) is 26.0 Å². The Hall–Kier alpha value is -2.04. The lowest BCUT2D eigenvalue weighted by Crippen LogP contribution is -2.09. The van der Waals surface area contributed by atoms with Crippen LogP contribution in [0.1, 0.15) is 37.4 Å². The van der Waals surface area contributed by atoms with Crippen LogP contribution < -0.4 is 10.1 Å². The molecule has 0 aliphatic carbocycles. The molecule has 0 saturated heterocycles. The molecule has 0 aliphatic heterocycles. The summed E-state index contributed by atoms with van der Waals surface area (Å²) in [6.45, 7) is 7.32. The lowest BCUT2D eigenvalue weighted by Gasteiger charge is -2.13. The predicted octanol–water partition coefficient (Wildman–Crippen LogP) is 3.34. The minimum atomic E-state index is 0.377.